The second kappa shape index (κ2) is 7.25. The highest BCUT2D eigenvalue weighted by molar-refractivity contribution is 5.75. The molecule has 2 rings (SSSR count). The summed E-state index contributed by atoms with van der Waals surface area (Å²) in [5.41, 5.74) is 1.27. The summed E-state index contributed by atoms with van der Waals surface area (Å²) in [5.74, 6) is -0.443. The van der Waals surface area contributed by atoms with Crippen LogP contribution in [-0.4, -0.2) is 31.5 Å². The van der Waals surface area contributed by atoms with Crippen molar-refractivity contribution in [2.24, 2.45) is 0 Å². The first kappa shape index (κ1) is 17.0. The number of hydrogen-bond acceptors (Lipinski definition) is 3. The number of rotatable bonds is 7. The highest BCUT2D eigenvalue weighted by Crippen LogP contribution is 2.28. The second-order valence-electron chi connectivity index (χ2n) is 6.68. The minimum Gasteiger partial charge on any atom is -0.356 e. The van der Waals surface area contributed by atoms with Crippen LogP contribution in [0.25, 0.3) is 0 Å². The lowest BCUT2D eigenvalue weighted by Crippen LogP contribution is -2.34. The summed E-state index contributed by atoms with van der Waals surface area (Å²) < 4.78 is 11.0. The zero-order chi connectivity index (χ0) is 16.1. The molecule has 4 nitrogen and oxygen atoms in total. The van der Waals surface area contributed by atoms with Crippen LogP contribution in [0.1, 0.15) is 45.6 Å². The quantitative estimate of drug-likeness (QED) is 0.842. The number of amides is 1. The van der Waals surface area contributed by atoms with Crippen LogP contribution in [0.5, 0.6) is 0 Å². The molecule has 1 heterocycles. The van der Waals surface area contributed by atoms with Gasteiger partial charge in [-0.1, -0.05) is 44.2 Å². The monoisotopic (exact) mass is 305 g/mol. The Hall–Kier alpha value is -1.39. The summed E-state index contributed by atoms with van der Waals surface area (Å²) in [6.07, 6.45) is 2.04. The van der Waals surface area contributed by atoms with Crippen LogP contribution in [-0.2, 0) is 19.7 Å². The topological polar surface area (TPSA) is 47.6 Å². The van der Waals surface area contributed by atoms with Crippen molar-refractivity contribution in [1.29, 1.82) is 0 Å². The SMILES string of the molecule is CC1(CCNC(=O)CCC(C)(C)c2ccccc2)OCCO1. The molecule has 1 fully saturated rings. The van der Waals surface area contributed by atoms with Crippen molar-refractivity contribution in [3.8, 4) is 0 Å². The van der Waals surface area contributed by atoms with Gasteiger partial charge in [0.25, 0.3) is 0 Å². The molecule has 0 radical (unpaired) electrons. The number of carbonyl (C=O) groups excluding carboxylic acids is 1. The summed E-state index contributed by atoms with van der Waals surface area (Å²) in [6.45, 7) is 8.13. The first-order valence-electron chi connectivity index (χ1n) is 8.01. The Morgan fingerprint density at radius 1 is 1.23 bits per heavy atom. The van der Waals surface area contributed by atoms with E-state index in [0.717, 1.165) is 6.42 Å². The minimum atomic E-state index is -0.531. The second-order valence-corrected chi connectivity index (χ2v) is 6.68. The average molecular weight is 305 g/mol. The fraction of sp³-hybridized carbons (Fsp3) is 0.611. The Morgan fingerprint density at radius 2 is 1.86 bits per heavy atom. The Morgan fingerprint density at radius 3 is 2.50 bits per heavy atom. The predicted molar refractivity (Wildman–Crippen MR) is 86.6 cm³/mol. The third kappa shape index (κ3) is 4.82. The Labute approximate surface area is 133 Å². The van der Waals surface area contributed by atoms with Gasteiger partial charge in [0, 0.05) is 19.4 Å². The van der Waals surface area contributed by atoms with E-state index in [-0.39, 0.29) is 11.3 Å². The van der Waals surface area contributed by atoms with Crippen LogP contribution >= 0.6 is 0 Å². The molecule has 1 saturated heterocycles. The predicted octanol–water partition coefficient (Wildman–Crippen LogP) is 3.01. The summed E-state index contributed by atoms with van der Waals surface area (Å²) in [4.78, 5) is 12.0. The van der Waals surface area contributed by atoms with Crippen molar-refractivity contribution < 1.29 is 14.3 Å². The van der Waals surface area contributed by atoms with Crippen molar-refractivity contribution >= 4 is 5.91 Å². The fourth-order valence-electron chi connectivity index (χ4n) is 2.68. The molecule has 0 aromatic heterocycles. The van der Waals surface area contributed by atoms with E-state index in [4.69, 9.17) is 9.47 Å². The molecule has 0 atom stereocenters. The van der Waals surface area contributed by atoms with Crippen LogP contribution in [0.15, 0.2) is 30.3 Å². The van der Waals surface area contributed by atoms with Gasteiger partial charge in [-0.25, -0.2) is 0 Å². The number of ether oxygens (including phenoxy) is 2. The molecule has 0 bridgehead atoms. The third-order valence-electron chi connectivity index (χ3n) is 4.33. The van der Waals surface area contributed by atoms with E-state index in [9.17, 15) is 4.79 Å². The van der Waals surface area contributed by atoms with Crippen LogP contribution in [0.4, 0.5) is 0 Å². The third-order valence-corrected chi connectivity index (χ3v) is 4.33. The van der Waals surface area contributed by atoms with E-state index in [1.54, 1.807) is 0 Å². The molecule has 1 amide bonds. The van der Waals surface area contributed by atoms with Crippen LogP contribution in [0, 0.1) is 0 Å². The van der Waals surface area contributed by atoms with Gasteiger partial charge in [-0.3, -0.25) is 4.79 Å². The van der Waals surface area contributed by atoms with Gasteiger partial charge in [-0.05, 0) is 24.3 Å². The molecule has 122 valence electrons. The molecule has 1 aliphatic heterocycles. The molecular formula is C18H27NO3. The zero-order valence-electron chi connectivity index (χ0n) is 13.9. The van der Waals surface area contributed by atoms with Crippen molar-refractivity contribution in [2.45, 2.75) is 51.2 Å². The van der Waals surface area contributed by atoms with Gasteiger partial charge < -0.3 is 14.8 Å². The van der Waals surface area contributed by atoms with Crippen LogP contribution in [0.2, 0.25) is 0 Å². The summed E-state index contributed by atoms with van der Waals surface area (Å²) >= 11 is 0. The Bertz CT molecular complexity index is 478. The Balaban J connectivity index is 1.71. The lowest BCUT2D eigenvalue weighted by Gasteiger charge is -2.25. The molecular weight excluding hydrogens is 278 g/mol. The van der Waals surface area contributed by atoms with Crippen molar-refractivity contribution in [3.63, 3.8) is 0 Å². The number of hydrogen-bond donors (Lipinski definition) is 1. The first-order valence-corrected chi connectivity index (χ1v) is 8.01. The fourth-order valence-corrected chi connectivity index (χ4v) is 2.68. The maximum atomic E-state index is 12.0. The standard InChI is InChI=1S/C18H27NO3/c1-17(2,15-7-5-4-6-8-15)10-9-16(20)19-12-11-18(3)21-13-14-22-18/h4-8H,9-14H2,1-3H3,(H,19,20). The molecule has 0 spiro atoms. The normalized spacial score (nSPS) is 17.4. The van der Waals surface area contributed by atoms with Crippen molar-refractivity contribution in [3.05, 3.63) is 35.9 Å². The number of nitrogens with one attached hydrogen (secondary N) is 1. The van der Waals surface area contributed by atoms with Gasteiger partial charge in [0.05, 0.1) is 13.2 Å². The molecule has 22 heavy (non-hydrogen) atoms. The average Bonchev–Trinajstić information content (AvgIpc) is 2.93. The summed E-state index contributed by atoms with van der Waals surface area (Å²) in [7, 11) is 0. The van der Waals surface area contributed by atoms with Gasteiger partial charge in [-0.15, -0.1) is 0 Å². The molecule has 0 unspecified atom stereocenters. The van der Waals surface area contributed by atoms with E-state index >= 15 is 0 Å². The molecule has 1 aromatic carbocycles. The van der Waals surface area contributed by atoms with E-state index in [2.05, 4.69) is 31.3 Å². The zero-order valence-corrected chi connectivity index (χ0v) is 13.9. The molecule has 1 N–H and O–H groups in total. The largest absolute Gasteiger partial charge is 0.356 e. The van der Waals surface area contributed by atoms with Gasteiger partial charge in [0.2, 0.25) is 5.91 Å². The number of carbonyl (C=O) groups is 1. The summed E-state index contributed by atoms with van der Waals surface area (Å²) in [5, 5.41) is 2.96. The van der Waals surface area contributed by atoms with Crippen LogP contribution in [0.3, 0.4) is 0 Å². The highest BCUT2D eigenvalue weighted by atomic mass is 16.7. The van der Waals surface area contributed by atoms with E-state index in [0.29, 0.717) is 32.6 Å². The lowest BCUT2D eigenvalue weighted by atomic mass is 9.80. The van der Waals surface area contributed by atoms with Gasteiger partial charge in [0.1, 0.15) is 0 Å². The number of benzene rings is 1. The van der Waals surface area contributed by atoms with Gasteiger partial charge in [0.15, 0.2) is 5.79 Å². The maximum absolute atomic E-state index is 12.0. The first-order chi connectivity index (χ1) is 10.4. The highest BCUT2D eigenvalue weighted by Gasteiger charge is 2.30. The smallest absolute Gasteiger partial charge is 0.220 e. The lowest BCUT2D eigenvalue weighted by molar-refractivity contribution is -0.146. The molecule has 0 aliphatic carbocycles. The van der Waals surface area contributed by atoms with Crippen LogP contribution < -0.4 is 5.32 Å². The minimum absolute atomic E-state index is 0.00224. The maximum Gasteiger partial charge on any atom is 0.220 e. The van der Waals surface area contributed by atoms with Gasteiger partial charge >= 0.3 is 0 Å². The molecule has 0 saturated carbocycles. The van der Waals surface area contributed by atoms with E-state index in [1.807, 2.05) is 25.1 Å². The molecule has 1 aromatic rings. The summed E-state index contributed by atoms with van der Waals surface area (Å²) in [6, 6.07) is 10.3. The molecule has 4 heteroatoms. The van der Waals surface area contributed by atoms with Crippen molar-refractivity contribution in [2.75, 3.05) is 19.8 Å². The van der Waals surface area contributed by atoms with E-state index in [1.165, 1.54) is 5.56 Å². The Kier molecular flexibility index (Phi) is 5.59. The van der Waals surface area contributed by atoms with Gasteiger partial charge in [-0.2, -0.15) is 0 Å². The molecule has 1 aliphatic rings. The van der Waals surface area contributed by atoms with Crippen molar-refractivity contribution in [1.82, 2.24) is 5.32 Å². The van der Waals surface area contributed by atoms with E-state index < -0.39 is 5.79 Å².